The Balaban J connectivity index is 2.46. The van der Waals surface area contributed by atoms with Crippen molar-refractivity contribution in [2.24, 2.45) is 5.41 Å². The Morgan fingerprint density at radius 2 is 2.00 bits per heavy atom. The molecule has 15 heavy (non-hydrogen) atoms. The molecular formula is C13H22N2. The molecule has 1 rings (SSSR count). The van der Waals surface area contributed by atoms with Crippen LogP contribution in [0.25, 0.3) is 0 Å². The second kappa shape index (κ2) is 5.15. The second-order valence-corrected chi connectivity index (χ2v) is 5.00. The number of nitrogens with two attached hydrogens (primary N) is 1. The van der Waals surface area contributed by atoms with Crippen molar-refractivity contribution in [1.82, 2.24) is 4.98 Å². The maximum Gasteiger partial charge on any atom is 0.0501 e. The van der Waals surface area contributed by atoms with Crippen LogP contribution in [0.1, 0.15) is 45.7 Å². The van der Waals surface area contributed by atoms with Crippen molar-refractivity contribution in [3.05, 3.63) is 24.0 Å². The molecule has 1 heterocycles. The van der Waals surface area contributed by atoms with Gasteiger partial charge in [0.1, 0.15) is 0 Å². The highest BCUT2D eigenvalue weighted by atomic mass is 14.7. The predicted molar refractivity (Wildman–Crippen MR) is 65.7 cm³/mol. The SMILES string of the molecule is CCCC(C)(C)CCc1ccc(N)cn1. The van der Waals surface area contributed by atoms with Crippen LogP contribution in [0.3, 0.4) is 0 Å². The van der Waals surface area contributed by atoms with Gasteiger partial charge in [-0.1, -0.05) is 27.2 Å². The Kier molecular flexibility index (Phi) is 4.13. The lowest BCUT2D eigenvalue weighted by Crippen LogP contribution is -2.12. The van der Waals surface area contributed by atoms with E-state index >= 15 is 0 Å². The second-order valence-electron chi connectivity index (χ2n) is 5.00. The number of nitrogen functional groups attached to an aromatic ring is 1. The molecule has 1 aromatic heterocycles. The molecule has 0 atom stereocenters. The van der Waals surface area contributed by atoms with Crippen LogP contribution < -0.4 is 5.73 Å². The van der Waals surface area contributed by atoms with Crippen molar-refractivity contribution in [3.8, 4) is 0 Å². The summed E-state index contributed by atoms with van der Waals surface area (Å²) in [6.45, 7) is 6.89. The number of aryl methyl sites for hydroxylation is 1. The molecule has 1 aromatic rings. The normalized spacial score (nSPS) is 11.7. The van der Waals surface area contributed by atoms with E-state index in [-0.39, 0.29) is 0 Å². The van der Waals surface area contributed by atoms with Gasteiger partial charge in [-0.3, -0.25) is 4.98 Å². The van der Waals surface area contributed by atoms with Crippen LogP contribution in [-0.2, 0) is 6.42 Å². The van der Waals surface area contributed by atoms with Crippen LogP contribution in [0.2, 0.25) is 0 Å². The molecule has 0 saturated heterocycles. The molecule has 2 heteroatoms. The summed E-state index contributed by atoms with van der Waals surface area (Å²) in [5.74, 6) is 0. The Morgan fingerprint density at radius 1 is 1.27 bits per heavy atom. The number of hydrogen-bond donors (Lipinski definition) is 1. The van der Waals surface area contributed by atoms with Crippen LogP contribution in [0.15, 0.2) is 18.3 Å². The van der Waals surface area contributed by atoms with Crippen molar-refractivity contribution >= 4 is 5.69 Å². The van der Waals surface area contributed by atoms with Gasteiger partial charge in [0.15, 0.2) is 0 Å². The molecule has 0 amide bonds. The van der Waals surface area contributed by atoms with Gasteiger partial charge in [0.25, 0.3) is 0 Å². The molecule has 2 nitrogen and oxygen atoms in total. The molecular weight excluding hydrogens is 184 g/mol. The summed E-state index contributed by atoms with van der Waals surface area (Å²) < 4.78 is 0. The summed E-state index contributed by atoms with van der Waals surface area (Å²) in [7, 11) is 0. The zero-order chi connectivity index (χ0) is 11.3. The number of rotatable bonds is 5. The van der Waals surface area contributed by atoms with Crippen LogP contribution in [0, 0.1) is 5.41 Å². The molecule has 0 fully saturated rings. The van der Waals surface area contributed by atoms with E-state index in [2.05, 4.69) is 25.8 Å². The Hall–Kier alpha value is -1.05. The van der Waals surface area contributed by atoms with Crippen LogP contribution in [-0.4, -0.2) is 4.98 Å². The van der Waals surface area contributed by atoms with E-state index in [4.69, 9.17) is 5.73 Å². The van der Waals surface area contributed by atoms with Gasteiger partial charge in [0.05, 0.1) is 11.9 Å². The molecule has 0 aliphatic heterocycles. The van der Waals surface area contributed by atoms with Crippen LogP contribution >= 0.6 is 0 Å². The van der Waals surface area contributed by atoms with Gasteiger partial charge in [-0.15, -0.1) is 0 Å². The molecule has 0 aromatic carbocycles. The number of nitrogens with zero attached hydrogens (tertiary/aromatic N) is 1. The van der Waals surface area contributed by atoms with Crippen molar-refractivity contribution in [2.75, 3.05) is 5.73 Å². The maximum atomic E-state index is 5.59. The minimum absolute atomic E-state index is 0.428. The number of hydrogen-bond acceptors (Lipinski definition) is 2. The first-order valence-corrected chi connectivity index (χ1v) is 5.74. The van der Waals surface area contributed by atoms with Crippen LogP contribution in [0.5, 0.6) is 0 Å². The van der Waals surface area contributed by atoms with E-state index in [0.717, 1.165) is 17.8 Å². The molecule has 0 aliphatic carbocycles. The number of anilines is 1. The number of pyridine rings is 1. The first-order chi connectivity index (χ1) is 7.03. The fourth-order valence-electron chi connectivity index (χ4n) is 1.85. The Morgan fingerprint density at radius 3 is 2.53 bits per heavy atom. The molecule has 0 unspecified atom stereocenters. The van der Waals surface area contributed by atoms with E-state index in [1.807, 2.05) is 12.1 Å². The molecule has 0 bridgehead atoms. The molecule has 2 N–H and O–H groups in total. The minimum atomic E-state index is 0.428. The van der Waals surface area contributed by atoms with Crippen molar-refractivity contribution in [3.63, 3.8) is 0 Å². The van der Waals surface area contributed by atoms with Gasteiger partial charge in [0.2, 0.25) is 0 Å². The molecule has 84 valence electrons. The molecule has 0 spiro atoms. The van der Waals surface area contributed by atoms with E-state index in [1.165, 1.54) is 19.3 Å². The topological polar surface area (TPSA) is 38.9 Å². The summed E-state index contributed by atoms with van der Waals surface area (Å²) in [6.07, 6.45) is 6.51. The van der Waals surface area contributed by atoms with Gasteiger partial charge in [-0.05, 0) is 36.8 Å². The average molecular weight is 206 g/mol. The highest BCUT2D eigenvalue weighted by Crippen LogP contribution is 2.27. The van der Waals surface area contributed by atoms with E-state index in [1.54, 1.807) is 6.20 Å². The van der Waals surface area contributed by atoms with E-state index < -0.39 is 0 Å². The van der Waals surface area contributed by atoms with Crippen molar-refractivity contribution in [2.45, 2.75) is 46.5 Å². The zero-order valence-electron chi connectivity index (χ0n) is 10.1. The van der Waals surface area contributed by atoms with Gasteiger partial charge in [-0.2, -0.15) is 0 Å². The summed E-state index contributed by atoms with van der Waals surface area (Å²) >= 11 is 0. The smallest absolute Gasteiger partial charge is 0.0501 e. The van der Waals surface area contributed by atoms with Crippen LogP contribution in [0.4, 0.5) is 5.69 Å². The van der Waals surface area contributed by atoms with Crippen molar-refractivity contribution in [1.29, 1.82) is 0 Å². The fraction of sp³-hybridized carbons (Fsp3) is 0.615. The van der Waals surface area contributed by atoms with Gasteiger partial charge < -0.3 is 5.73 Å². The lowest BCUT2D eigenvalue weighted by atomic mass is 9.83. The summed E-state index contributed by atoms with van der Waals surface area (Å²) in [4.78, 5) is 4.32. The average Bonchev–Trinajstić information content (AvgIpc) is 2.17. The van der Waals surface area contributed by atoms with Crippen molar-refractivity contribution < 1.29 is 0 Å². The first kappa shape index (κ1) is 12.0. The standard InChI is InChI=1S/C13H22N2/c1-4-8-13(2,3)9-7-12-6-5-11(14)10-15-12/h5-6,10H,4,7-9,14H2,1-3H3. The molecule has 0 radical (unpaired) electrons. The lowest BCUT2D eigenvalue weighted by molar-refractivity contribution is 0.303. The highest BCUT2D eigenvalue weighted by Gasteiger charge is 2.16. The third-order valence-corrected chi connectivity index (χ3v) is 2.83. The fourth-order valence-corrected chi connectivity index (χ4v) is 1.85. The minimum Gasteiger partial charge on any atom is -0.397 e. The predicted octanol–water partition coefficient (Wildman–Crippen LogP) is 3.42. The van der Waals surface area contributed by atoms with Gasteiger partial charge in [-0.25, -0.2) is 0 Å². The lowest BCUT2D eigenvalue weighted by Gasteiger charge is -2.23. The van der Waals surface area contributed by atoms with E-state index in [9.17, 15) is 0 Å². The summed E-state index contributed by atoms with van der Waals surface area (Å²) in [6, 6.07) is 3.95. The monoisotopic (exact) mass is 206 g/mol. The summed E-state index contributed by atoms with van der Waals surface area (Å²) in [5.41, 5.74) is 7.91. The zero-order valence-corrected chi connectivity index (χ0v) is 10.1. The first-order valence-electron chi connectivity index (χ1n) is 5.74. The highest BCUT2D eigenvalue weighted by molar-refractivity contribution is 5.34. The van der Waals surface area contributed by atoms with Gasteiger partial charge in [0, 0.05) is 5.69 Å². The quantitative estimate of drug-likeness (QED) is 0.801. The Bertz CT molecular complexity index is 288. The third kappa shape index (κ3) is 4.32. The largest absolute Gasteiger partial charge is 0.397 e. The van der Waals surface area contributed by atoms with Gasteiger partial charge >= 0.3 is 0 Å². The molecule has 0 saturated carbocycles. The third-order valence-electron chi connectivity index (χ3n) is 2.83. The number of aromatic nitrogens is 1. The van der Waals surface area contributed by atoms with E-state index in [0.29, 0.717) is 5.41 Å². The summed E-state index contributed by atoms with van der Waals surface area (Å²) in [5, 5.41) is 0. The Labute approximate surface area is 92.9 Å². The maximum absolute atomic E-state index is 5.59. The molecule has 0 aliphatic rings.